The number of piperidine rings is 2. The summed E-state index contributed by atoms with van der Waals surface area (Å²) < 4.78 is 104. The second-order valence-electron chi connectivity index (χ2n) is 9.58. The van der Waals surface area contributed by atoms with Crippen LogP contribution >= 0.6 is 0 Å². The number of hydrogen-bond acceptors (Lipinski definition) is 4. The predicted octanol–water partition coefficient (Wildman–Crippen LogP) is 4.58. The smallest absolute Gasteiger partial charge is 0.369 e. The molecule has 5 rings (SSSR count). The van der Waals surface area contributed by atoms with E-state index in [1.807, 2.05) is 12.1 Å². The summed E-state index contributed by atoms with van der Waals surface area (Å²) in [5.74, 6) is 0. The Hall–Kier alpha value is -2.15. The Balaban J connectivity index is 1.52. The lowest BCUT2D eigenvalue weighted by molar-refractivity contribution is -0.376. The van der Waals surface area contributed by atoms with Crippen LogP contribution in [0.1, 0.15) is 29.5 Å². The van der Waals surface area contributed by atoms with Gasteiger partial charge in [0.15, 0.2) is 0 Å². The fourth-order valence-electron chi connectivity index (χ4n) is 5.24. The normalized spacial score (nSPS) is 22.2. The molecule has 2 atom stereocenters. The molecule has 0 radical (unpaired) electrons. The van der Waals surface area contributed by atoms with Crippen molar-refractivity contribution in [3.8, 4) is 11.1 Å². The molecule has 2 bridgehead atoms. The fourth-order valence-corrected chi connectivity index (χ4v) is 6.39. The molecule has 2 unspecified atom stereocenters. The van der Waals surface area contributed by atoms with Gasteiger partial charge >= 0.3 is 12.4 Å². The summed E-state index contributed by atoms with van der Waals surface area (Å²) in [5.41, 5.74) is -3.47. The maximum atomic E-state index is 13.1. The van der Waals surface area contributed by atoms with Gasteiger partial charge in [-0.25, -0.2) is 8.42 Å². The molecule has 0 saturated carbocycles. The first-order chi connectivity index (χ1) is 16.5. The molecule has 5 nitrogen and oxygen atoms in total. The molecule has 0 amide bonds. The van der Waals surface area contributed by atoms with Crippen LogP contribution in [-0.4, -0.2) is 66.5 Å². The van der Waals surface area contributed by atoms with Gasteiger partial charge in [0.05, 0.1) is 6.26 Å². The SMILES string of the molecule is Cc1cc(CN2CC3CCC2CN3S(C)(=O)=O)ccc1-c1ccc(C(O)(C(F)(F)F)C(F)(F)F)cc1. The lowest BCUT2D eigenvalue weighted by Crippen LogP contribution is -2.63. The van der Waals surface area contributed by atoms with E-state index in [0.29, 0.717) is 42.9 Å². The van der Waals surface area contributed by atoms with Crippen LogP contribution in [0.3, 0.4) is 0 Å². The zero-order valence-corrected chi connectivity index (χ0v) is 20.4. The molecule has 2 aromatic rings. The average molecular weight is 537 g/mol. The van der Waals surface area contributed by atoms with Crippen molar-refractivity contribution in [3.05, 3.63) is 59.2 Å². The van der Waals surface area contributed by atoms with Crippen molar-refractivity contribution in [1.82, 2.24) is 9.21 Å². The largest absolute Gasteiger partial charge is 0.430 e. The van der Waals surface area contributed by atoms with Gasteiger partial charge in [-0.2, -0.15) is 30.6 Å². The lowest BCUT2D eigenvalue weighted by atomic mass is 9.89. The maximum absolute atomic E-state index is 13.1. The minimum Gasteiger partial charge on any atom is -0.369 e. The van der Waals surface area contributed by atoms with Gasteiger partial charge in [-0.1, -0.05) is 42.5 Å². The van der Waals surface area contributed by atoms with Crippen LogP contribution in [0, 0.1) is 6.92 Å². The van der Waals surface area contributed by atoms with Gasteiger partial charge in [0.25, 0.3) is 5.60 Å². The summed E-state index contributed by atoms with van der Waals surface area (Å²) in [4.78, 5) is 2.24. The highest BCUT2D eigenvalue weighted by molar-refractivity contribution is 7.88. The third-order valence-electron chi connectivity index (χ3n) is 7.13. The molecule has 36 heavy (non-hydrogen) atoms. The highest BCUT2D eigenvalue weighted by Gasteiger charge is 2.71. The molecular weight excluding hydrogens is 510 g/mol. The molecule has 0 aromatic heterocycles. The summed E-state index contributed by atoms with van der Waals surface area (Å²) in [6.45, 7) is 3.47. The second kappa shape index (κ2) is 9.00. The monoisotopic (exact) mass is 536 g/mol. The summed E-state index contributed by atoms with van der Waals surface area (Å²) in [5, 5.41) is 9.58. The van der Waals surface area contributed by atoms with Crippen molar-refractivity contribution < 1.29 is 39.9 Å². The molecule has 1 N–H and O–H groups in total. The molecule has 0 aliphatic carbocycles. The Kier molecular flexibility index (Phi) is 6.72. The topological polar surface area (TPSA) is 60.9 Å². The quantitative estimate of drug-likeness (QED) is 0.569. The van der Waals surface area contributed by atoms with Crippen LogP contribution in [0.15, 0.2) is 42.5 Å². The molecule has 198 valence electrons. The first-order valence-electron chi connectivity index (χ1n) is 11.3. The number of benzene rings is 2. The standard InChI is InChI=1S/C24H26F6N2O3S/c1-15-11-16(12-31-13-20-9-8-19(31)14-32(20)36(2,34)35)3-10-21(15)17-4-6-18(7-5-17)22(33,23(25,26)27)24(28,29)30/h3-7,10-11,19-20,33H,8-9,12-14H2,1-2H3. The molecule has 3 heterocycles. The molecular formula is C24H26F6N2O3S. The van der Waals surface area contributed by atoms with E-state index in [9.17, 15) is 39.9 Å². The minimum atomic E-state index is -5.93. The first-order valence-corrected chi connectivity index (χ1v) is 13.1. The average Bonchev–Trinajstić information content (AvgIpc) is 2.77. The van der Waals surface area contributed by atoms with E-state index >= 15 is 0 Å². The molecule has 0 spiro atoms. The van der Waals surface area contributed by atoms with E-state index in [4.69, 9.17) is 0 Å². The number of aliphatic hydroxyl groups is 1. The summed E-state index contributed by atoms with van der Waals surface area (Å²) >= 11 is 0. The number of aryl methyl sites for hydroxylation is 1. The van der Waals surface area contributed by atoms with Gasteiger partial charge in [0.1, 0.15) is 0 Å². The minimum absolute atomic E-state index is 0.0593. The third-order valence-corrected chi connectivity index (χ3v) is 8.43. The Bertz CT molecular complexity index is 1210. The number of rotatable bonds is 5. The van der Waals surface area contributed by atoms with Crippen LogP contribution in [0.4, 0.5) is 26.3 Å². The zero-order valence-electron chi connectivity index (χ0n) is 19.6. The number of nitrogens with zero attached hydrogens (tertiary/aromatic N) is 2. The van der Waals surface area contributed by atoms with Crippen LogP contribution in [0.25, 0.3) is 11.1 Å². The van der Waals surface area contributed by atoms with Crippen LogP contribution in [0.2, 0.25) is 0 Å². The van der Waals surface area contributed by atoms with Crippen molar-refractivity contribution in [2.75, 3.05) is 19.3 Å². The molecule has 3 aliphatic rings. The van der Waals surface area contributed by atoms with E-state index in [0.717, 1.165) is 36.1 Å². The van der Waals surface area contributed by atoms with E-state index in [1.54, 1.807) is 17.3 Å². The van der Waals surface area contributed by atoms with Crippen molar-refractivity contribution in [2.24, 2.45) is 0 Å². The highest BCUT2D eigenvalue weighted by Crippen LogP contribution is 2.50. The van der Waals surface area contributed by atoms with Crippen LogP contribution < -0.4 is 0 Å². The zero-order chi connectivity index (χ0) is 26.7. The van der Waals surface area contributed by atoms with E-state index in [1.165, 1.54) is 6.26 Å². The maximum Gasteiger partial charge on any atom is 0.430 e. The second-order valence-corrected chi connectivity index (χ2v) is 11.5. The number of alkyl halides is 6. The fraction of sp³-hybridized carbons (Fsp3) is 0.500. The summed E-state index contributed by atoms with van der Waals surface area (Å²) in [6, 6.07) is 9.09. The Morgan fingerprint density at radius 2 is 1.50 bits per heavy atom. The molecule has 3 aliphatic heterocycles. The van der Waals surface area contributed by atoms with E-state index < -0.39 is 33.5 Å². The van der Waals surface area contributed by atoms with Crippen LogP contribution in [0.5, 0.6) is 0 Å². The van der Waals surface area contributed by atoms with Crippen molar-refractivity contribution in [3.63, 3.8) is 0 Å². The van der Waals surface area contributed by atoms with Gasteiger partial charge in [0.2, 0.25) is 10.0 Å². The highest BCUT2D eigenvalue weighted by atomic mass is 32.2. The summed E-state index contributed by atoms with van der Waals surface area (Å²) in [6.07, 6.45) is -8.92. The van der Waals surface area contributed by atoms with E-state index in [-0.39, 0.29) is 12.1 Å². The lowest BCUT2D eigenvalue weighted by Gasteiger charge is -2.50. The number of halogens is 6. The number of sulfonamides is 1. The van der Waals surface area contributed by atoms with Gasteiger partial charge < -0.3 is 5.11 Å². The number of hydrogen-bond donors (Lipinski definition) is 1. The number of piperazine rings is 1. The van der Waals surface area contributed by atoms with Gasteiger partial charge in [-0.3, -0.25) is 4.90 Å². The van der Waals surface area contributed by atoms with Crippen molar-refractivity contribution >= 4 is 10.0 Å². The molecule has 3 fully saturated rings. The summed E-state index contributed by atoms with van der Waals surface area (Å²) in [7, 11) is -3.26. The van der Waals surface area contributed by atoms with Gasteiger partial charge in [0, 0.05) is 37.3 Å². The van der Waals surface area contributed by atoms with Gasteiger partial charge in [-0.05, 0) is 42.0 Å². The molecule has 12 heteroatoms. The third kappa shape index (κ3) is 4.75. The van der Waals surface area contributed by atoms with Crippen molar-refractivity contribution in [1.29, 1.82) is 0 Å². The van der Waals surface area contributed by atoms with Gasteiger partial charge in [-0.15, -0.1) is 0 Å². The number of fused-ring (bicyclic) bond motifs is 3. The van der Waals surface area contributed by atoms with Crippen molar-refractivity contribution in [2.45, 2.75) is 56.3 Å². The van der Waals surface area contributed by atoms with E-state index in [2.05, 4.69) is 4.90 Å². The Labute approximate surface area is 205 Å². The Morgan fingerprint density at radius 1 is 0.917 bits per heavy atom. The molecule has 2 aromatic carbocycles. The van der Waals surface area contributed by atoms with Crippen LogP contribution in [-0.2, 0) is 22.2 Å². The Morgan fingerprint density at radius 3 is 1.97 bits per heavy atom. The predicted molar refractivity (Wildman–Crippen MR) is 121 cm³/mol. The molecule has 3 saturated heterocycles. The first kappa shape index (κ1) is 26.9.